The summed E-state index contributed by atoms with van der Waals surface area (Å²) in [5.74, 6) is 0.163. The number of hydrogen-bond donors (Lipinski definition) is 2. The first kappa shape index (κ1) is 12.1. The Kier molecular flexibility index (Phi) is 3.45. The lowest BCUT2D eigenvalue weighted by molar-refractivity contribution is -0.119. The Labute approximate surface area is 102 Å². The molecular formula is C13H19N3O. The highest BCUT2D eigenvalue weighted by Crippen LogP contribution is 2.30. The molecule has 0 aromatic heterocycles. The number of anilines is 1. The van der Waals surface area contributed by atoms with Crippen LogP contribution in [0.2, 0.25) is 0 Å². The van der Waals surface area contributed by atoms with Crippen LogP contribution in [0.3, 0.4) is 0 Å². The lowest BCUT2D eigenvalue weighted by Crippen LogP contribution is -2.45. The second kappa shape index (κ2) is 4.85. The van der Waals surface area contributed by atoms with E-state index in [4.69, 9.17) is 11.5 Å². The van der Waals surface area contributed by atoms with Gasteiger partial charge in [0.05, 0.1) is 0 Å². The van der Waals surface area contributed by atoms with Gasteiger partial charge in [-0.05, 0) is 30.5 Å². The molecule has 2 rings (SSSR count). The van der Waals surface area contributed by atoms with Crippen molar-refractivity contribution in [3.8, 4) is 0 Å². The Bertz CT molecular complexity index is 431. The number of hydrogen-bond acceptors (Lipinski definition) is 3. The van der Waals surface area contributed by atoms with Crippen LogP contribution in [0.5, 0.6) is 0 Å². The molecule has 0 fully saturated rings. The van der Waals surface area contributed by atoms with E-state index in [-0.39, 0.29) is 11.9 Å². The van der Waals surface area contributed by atoms with Gasteiger partial charge in [-0.2, -0.15) is 0 Å². The summed E-state index contributed by atoms with van der Waals surface area (Å²) in [4.78, 5) is 13.8. The van der Waals surface area contributed by atoms with E-state index in [1.807, 2.05) is 24.0 Å². The maximum atomic E-state index is 12.0. The molecule has 0 radical (unpaired) electrons. The van der Waals surface area contributed by atoms with Crippen molar-refractivity contribution in [3.63, 3.8) is 0 Å². The number of fused-ring (bicyclic) bond motifs is 1. The minimum absolute atomic E-state index is 0.0466. The molecule has 0 aliphatic carbocycles. The van der Waals surface area contributed by atoms with Gasteiger partial charge in [0, 0.05) is 31.2 Å². The summed E-state index contributed by atoms with van der Waals surface area (Å²) in [7, 11) is 0. The fraction of sp³-hybridized carbons (Fsp3) is 0.462. The fourth-order valence-corrected chi connectivity index (χ4v) is 2.29. The van der Waals surface area contributed by atoms with Crippen LogP contribution in [-0.4, -0.2) is 18.5 Å². The normalized spacial score (nSPS) is 16.9. The lowest BCUT2D eigenvalue weighted by atomic mass is 9.97. The Balaban J connectivity index is 2.41. The van der Waals surface area contributed by atoms with Crippen molar-refractivity contribution in [2.75, 3.05) is 11.4 Å². The second-order valence-corrected chi connectivity index (χ2v) is 4.52. The van der Waals surface area contributed by atoms with Crippen LogP contribution in [-0.2, 0) is 17.8 Å². The van der Waals surface area contributed by atoms with Gasteiger partial charge in [0.2, 0.25) is 5.91 Å². The molecule has 1 atom stereocenters. The molecule has 4 nitrogen and oxygen atoms in total. The molecule has 1 aromatic rings. The van der Waals surface area contributed by atoms with Crippen molar-refractivity contribution < 1.29 is 4.79 Å². The van der Waals surface area contributed by atoms with Gasteiger partial charge < -0.3 is 16.4 Å². The molecular weight excluding hydrogens is 214 g/mol. The molecule has 0 saturated carbocycles. The summed E-state index contributed by atoms with van der Waals surface area (Å²) < 4.78 is 0. The van der Waals surface area contributed by atoms with Crippen LogP contribution >= 0.6 is 0 Å². The summed E-state index contributed by atoms with van der Waals surface area (Å²) >= 11 is 0. The highest BCUT2D eigenvalue weighted by molar-refractivity contribution is 5.97. The molecule has 1 unspecified atom stereocenters. The number of rotatable bonds is 3. The molecule has 4 N–H and O–H groups in total. The molecule has 1 aliphatic rings. The Hall–Kier alpha value is -1.39. The minimum atomic E-state index is 0.0466. The van der Waals surface area contributed by atoms with E-state index >= 15 is 0 Å². The molecule has 1 aliphatic heterocycles. The SMILES string of the molecule is CC(CN)N1C(=O)CCc2cc(CN)ccc21. The third kappa shape index (κ3) is 2.18. The van der Waals surface area contributed by atoms with E-state index in [0.29, 0.717) is 19.5 Å². The zero-order valence-corrected chi connectivity index (χ0v) is 10.1. The van der Waals surface area contributed by atoms with Crippen molar-refractivity contribution >= 4 is 11.6 Å². The number of carbonyl (C=O) groups excluding carboxylic acids is 1. The summed E-state index contributed by atoms with van der Waals surface area (Å²) in [6.07, 6.45) is 1.36. The smallest absolute Gasteiger partial charge is 0.227 e. The first-order valence-electron chi connectivity index (χ1n) is 6.01. The monoisotopic (exact) mass is 233 g/mol. The summed E-state index contributed by atoms with van der Waals surface area (Å²) in [6.45, 7) is 2.99. The van der Waals surface area contributed by atoms with Gasteiger partial charge in [-0.3, -0.25) is 4.79 Å². The van der Waals surface area contributed by atoms with E-state index < -0.39 is 0 Å². The quantitative estimate of drug-likeness (QED) is 0.810. The van der Waals surface area contributed by atoms with Gasteiger partial charge in [-0.15, -0.1) is 0 Å². The maximum absolute atomic E-state index is 12.0. The van der Waals surface area contributed by atoms with Crippen LogP contribution in [0.4, 0.5) is 5.69 Å². The second-order valence-electron chi connectivity index (χ2n) is 4.52. The third-order valence-corrected chi connectivity index (χ3v) is 3.30. The van der Waals surface area contributed by atoms with Crippen molar-refractivity contribution in [1.82, 2.24) is 0 Å². The molecule has 1 heterocycles. The topological polar surface area (TPSA) is 72.3 Å². The maximum Gasteiger partial charge on any atom is 0.227 e. The van der Waals surface area contributed by atoms with Gasteiger partial charge >= 0.3 is 0 Å². The van der Waals surface area contributed by atoms with Gasteiger partial charge in [0.15, 0.2) is 0 Å². The Morgan fingerprint density at radius 2 is 2.12 bits per heavy atom. The fourth-order valence-electron chi connectivity index (χ4n) is 2.29. The van der Waals surface area contributed by atoms with Gasteiger partial charge in [0.1, 0.15) is 0 Å². The first-order valence-corrected chi connectivity index (χ1v) is 6.01. The Morgan fingerprint density at radius 3 is 2.76 bits per heavy atom. The number of nitrogens with two attached hydrogens (primary N) is 2. The molecule has 0 bridgehead atoms. The predicted octanol–water partition coefficient (Wildman–Crippen LogP) is 0.772. The van der Waals surface area contributed by atoms with Crippen LogP contribution in [0.1, 0.15) is 24.5 Å². The van der Waals surface area contributed by atoms with Crippen molar-refractivity contribution in [1.29, 1.82) is 0 Å². The first-order chi connectivity index (χ1) is 8.17. The van der Waals surface area contributed by atoms with Crippen molar-refractivity contribution in [3.05, 3.63) is 29.3 Å². The highest BCUT2D eigenvalue weighted by Gasteiger charge is 2.27. The number of benzene rings is 1. The van der Waals surface area contributed by atoms with Crippen molar-refractivity contribution in [2.45, 2.75) is 32.4 Å². The molecule has 0 spiro atoms. The molecule has 0 saturated heterocycles. The Morgan fingerprint density at radius 1 is 1.35 bits per heavy atom. The van der Waals surface area contributed by atoms with E-state index in [1.54, 1.807) is 0 Å². The number of carbonyl (C=O) groups is 1. The molecule has 4 heteroatoms. The average molecular weight is 233 g/mol. The minimum Gasteiger partial charge on any atom is -0.328 e. The van der Waals surface area contributed by atoms with Gasteiger partial charge in [-0.1, -0.05) is 12.1 Å². The van der Waals surface area contributed by atoms with Crippen LogP contribution in [0.25, 0.3) is 0 Å². The average Bonchev–Trinajstić information content (AvgIpc) is 2.37. The van der Waals surface area contributed by atoms with Crippen LogP contribution in [0.15, 0.2) is 18.2 Å². The lowest BCUT2D eigenvalue weighted by Gasteiger charge is -2.34. The van der Waals surface area contributed by atoms with E-state index in [1.165, 1.54) is 5.56 Å². The summed E-state index contributed by atoms with van der Waals surface area (Å²) in [5, 5.41) is 0. The number of nitrogens with zero attached hydrogens (tertiary/aromatic N) is 1. The van der Waals surface area contributed by atoms with Crippen LogP contribution < -0.4 is 16.4 Å². The van der Waals surface area contributed by atoms with Gasteiger partial charge in [0.25, 0.3) is 0 Å². The zero-order valence-electron chi connectivity index (χ0n) is 10.1. The number of amides is 1. The molecule has 1 amide bonds. The largest absolute Gasteiger partial charge is 0.328 e. The number of aryl methyl sites for hydroxylation is 1. The van der Waals surface area contributed by atoms with E-state index in [9.17, 15) is 4.79 Å². The summed E-state index contributed by atoms with van der Waals surface area (Å²) in [6, 6.07) is 6.11. The van der Waals surface area contributed by atoms with Crippen molar-refractivity contribution in [2.24, 2.45) is 11.5 Å². The molecule has 17 heavy (non-hydrogen) atoms. The third-order valence-electron chi connectivity index (χ3n) is 3.30. The predicted molar refractivity (Wildman–Crippen MR) is 68.7 cm³/mol. The van der Waals surface area contributed by atoms with E-state index in [0.717, 1.165) is 17.7 Å². The molecule has 92 valence electrons. The highest BCUT2D eigenvalue weighted by atomic mass is 16.2. The molecule has 1 aromatic carbocycles. The zero-order chi connectivity index (χ0) is 12.4. The summed E-state index contributed by atoms with van der Waals surface area (Å²) in [5.41, 5.74) is 14.6. The van der Waals surface area contributed by atoms with Gasteiger partial charge in [-0.25, -0.2) is 0 Å². The standard InChI is InChI=1S/C13H19N3O/c1-9(7-14)16-12-4-2-10(8-15)6-11(12)3-5-13(16)17/h2,4,6,9H,3,5,7-8,14-15H2,1H3. The van der Waals surface area contributed by atoms with E-state index in [2.05, 4.69) is 6.07 Å². The van der Waals surface area contributed by atoms with Crippen LogP contribution in [0, 0.1) is 0 Å².